The minimum absolute atomic E-state index is 0.291. The third kappa shape index (κ3) is 3.95. The minimum atomic E-state index is -0.325. The quantitative estimate of drug-likeness (QED) is 0.520. The van der Waals surface area contributed by atoms with Gasteiger partial charge in [0.2, 0.25) is 0 Å². The van der Waals surface area contributed by atoms with Crippen LogP contribution in [-0.2, 0) is 6.54 Å². The largest absolute Gasteiger partial charge is 0.296 e. The summed E-state index contributed by atoms with van der Waals surface area (Å²) in [5.41, 5.74) is 3.80. The molecule has 1 N–H and O–H groups in total. The molecular weight excluding hydrogens is 394 g/mol. The van der Waals surface area contributed by atoms with Crippen molar-refractivity contribution in [1.29, 1.82) is 0 Å². The number of nitrogens with one attached hydrogen (secondary N) is 1. The molecule has 140 valence electrons. The van der Waals surface area contributed by atoms with Crippen molar-refractivity contribution in [2.24, 2.45) is 0 Å². The summed E-state index contributed by atoms with van der Waals surface area (Å²) in [4.78, 5) is 17.1. The Labute approximate surface area is 170 Å². The molecule has 0 bridgehead atoms. The average molecular weight is 410 g/mol. The first kappa shape index (κ1) is 18.3. The Bertz CT molecular complexity index is 1110. The number of aromatic nitrogens is 4. The van der Waals surface area contributed by atoms with Crippen molar-refractivity contribution in [2.45, 2.75) is 13.5 Å². The van der Waals surface area contributed by atoms with Crippen molar-refractivity contribution >= 4 is 34.0 Å². The lowest BCUT2D eigenvalue weighted by molar-refractivity contribution is 0.102. The van der Waals surface area contributed by atoms with Gasteiger partial charge in [-0.05, 0) is 24.6 Å². The fraction of sp³-hybridized carbons (Fsp3) is 0.100. The summed E-state index contributed by atoms with van der Waals surface area (Å²) in [5.74, 6) is -0.325. The molecule has 0 atom stereocenters. The first-order chi connectivity index (χ1) is 13.6. The van der Waals surface area contributed by atoms with Crippen molar-refractivity contribution in [3.05, 3.63) is 82.0 Å². The first-order valence-electron chi connectivity index (χ1n) is 8.57. The third-order valence-corrected chi connectivity index (χ3v) is 5.25. The predicted molar refractivity (Wildman–Crippen MR) is 111 cm³/mol. The zero-order chi connectivity index (χ0) is 19.5. The molecule has 6 nitrogen and oxygen atoms in total. The molecule has 0 aliphatic heterocycles. The van der Waals surface area contributed by atoms with Crippen LogP contribution in [0.5, 0.6) is 0 Å². The van der Waals surface area contributed by atoms with Crippen LogP contribution in [0.4, 0.5) is 5.13 Å². The van der Waals surface area contributed by atoms with Crippen LogP contribution < -0.4 is 5.32 Å². The number of nitrogens with zero attached hydrogens (tertiary/aromatic N) is 4. The van der Waals surface area contributed by atoms with Crippen LogP contribution in [0.3, 0.4) is 0 Å². The monoisotopic (exact) mass is 409 g/mol. The lowest BCUT2D eigenvalue weighted by Gasteiger charge is -2.04. The van der Waals surface area contributed by atoms with E-state index in [1.807, 2.05) is 66.9 Å². The number of thiazole rings is 1. The highest BCUT2D eigenvalue weighted by Gasteiger charge is 2.18. The van der Waals surface area contributed by atoms with Crippen LogP contribution >= 0.6 is 22.9 Å². The van der Waals surface area contributed by atoms with E-state index in [9.17, 15) is 4.79 Å². The summed E-state index contributed by atoms with van der Waals surface area (Å²) in [6.07, 6.45) is 0. The van der Waals surface area contributed by atoms with E-state index in [0.717, 1.165) is 16.8 Å². The zero-order valence-electron chi connectivity index (χ0n) is 15.0. The molecule has 0 fully saturated rings. The average Bonchev–Trinajstić information content (AvgIpc) is 3.30. The van der Waals surface area contributed by atoms with E-state index in [2.05, 4.69) is 20.6 Å². The predicted octanol–water partition coefficient (Wildman–Crippen LogP) is 4.66. The lowest BCUT2D eigenvalue weighted by atomic mass is 10.2. The maximum Gasteiger partial charge on any atom is 0.279 e. The Morgan fingerprint density at radius 1 is 1.14 bits per heavy atom. The van der Waals surface area contributed by atoms with E-state index in [0.29, 0.717) is 28.1 Å². The second kappa shape index (κ2) is 7.92. The molecule has 8 heteroatoms. The van der Waals surface area contributed by atoms with E-state index < -0.39 is 0 Å². The van der Waals surface area contributed by atoms with Crippen molar-refractivity contribution in [3.8, 4) is 11.3 Å². The molecule has 4 rings (SSSR count). The second-order valence-electron chi connectivity index (χ2n) is 6.17. The van der Waals surface area contributed by atoms with Gasteiger partial charge in [0.1, 0.15) is 0 Å². The highest BCUT2D eigenvalue weighted by molar-refractivity contribution is 7.14. The van der Waals surface area contributed by atoms with Gasteiger partial charge in [0.15, 0.2) is 10.8 Å². The van der Waals surface area contributed by atoms with E-state index in [-0.39, 0.29) is 5.91 Å². The van der Waals surface area contributed by atoms with E-state index in [4.69, 9.17) is 11.6 Å². The molecule has 4 aromatic rings. The fourth-order valence-electron chi connectivity index (χ4n) is 2.72. The fourth-order valence-corrected chi connectivity index (χ4v) is 3.56. The second-order valence-corrected chi connectivity index (χ2v) is 7.46. The number of anilines is 1. The van der Waals surface area contributed by atoms with Gasteiger partial charge in [-0.1, -0.05) is 59.3 Å². The SMILES string of the molecule is Cc1c(C(=O)Nc2nc(-c3ccc(Cl)cc3)cs2)nnn1Cc1ccccc1. The van der Waals surface area contributed by atoms with E-state index >= 15 is 0 Å². The van der Waals surface area contributed by atoms with Crippen LogP contribution in [-0.4, -0.2) is 25.9 Å². The van der Waals surface area contributed by atoms with E-state index in [1.165, 1.54) is 11.3 Å². The number of hydrogen-bond acceptors (Lipinski definition) is 5. The topological polar surface area (TPSA) is 72.7 Å². The van der Waals surface area contributed by atoms with Crippen LogP contribution in [0.2, 0.25) is 5.02 Å². The van der Waals surface area contributed by atoms with Gasteiger partial charge in [-0.2, -0.15) is 0 Å². The van der Waals surface area contributed by atoms with Gasteiger partial charge in [0.05, 0.1) is 17.9 Å². The molecule has 0 spiro atoms. The molecule has 2 aromatic heterocycles. The summed E-state index contributed by atoms with van der Waals surface area (Å²) in [7, 11) is 0. The highest BCUT2D eigenvalue weighted by atomic mass is 35.5. The van der Waals surface area contributed by atoms with Crippen LogP contribution in [0.1, 0.15) is 21.7 Å². The highest BCUT2D eigenvalue weighted by Crippen LogP contribution is 2.26. The van der Waals surface area contributed by atoms with Crippen LogP contribution in [0.15, 0.2) is 60.0 Å². The van der Waals surface area contributed by atoms with E-state index in [1.54, 1.807) is 4.68 Å². The van der Waals surface area contributed by atoms with Gasteiger partial charge in [0, 0.05) is 16.0 Å². The molecule has 1 amide bonds. The lowest BCUT2D eigenvalue weighted by Crippen LogP contribution is -2.14. The number of carbonyl (C=O) groups excluding carboxylic acids is 1. The molecule has 0 saturated carbocycles. The van der Waals surface area contributed by atoms with Gasteiger partial charge in [0.25, 0.3) is 5.91 Å². The summed E-state index contributed by atoms with van der Waals surface area (Å²) < 4.78 is 1.71. The molecule has 0 unspecified atom stereocenters. The minimum Gasteiger partial charge on any atom is -0.296 e. The van der Waals surface area contributed by atoms with Crippen LogP contribution in [0.25, 0.3) is 11.3 Å². The summed E-state index contributed by atoms with van der Waals surface area (Å²) >= 11 is 7.28. The molecule has 0 saturated heterocycles. The number of hydrogen-bond donors (Lipinski definition) is 1. The maximum absolute atomic E-state index is 12.6. The number of amides is 1. The number of carbonyl (C=O) groups is 1. The van der Waals surface area contributed by atoms with Crippen molar-refractivity contribution in [2.75, 3.05) is 5.32 Å². The summed E-state index contributed by atoms with van der Waals surface area (Å²) in [6.45, 7) is 2.39. The van der Waals surface area contributed by atoms with Gasteiger partial charge in [-0.15, -0.1) is 16.4 Å². The molecule has 2 aromatic carbocycles. The number of rotatable bonds is 5. The van der Waals surface area contributed by atoms with Crippen molar-refractivity contribution < 1.29 is 4.79 Å². The Morgan fingerprint density at radius 3 is 2.64 bits per heavy atom. The zero-order valence-corrected chi connectivity index (χ0v) is 16.5. The van der Waals surface area contributed by atoms with Gasteiger partial charge in [-0.3, -0.25) is 10.1 Å². The third-order valence-electron chi connectivity index (χ3n) is 4.24. The Balaban J connectivity index is 1.48. The summed E-state index contributed by atoms with van der Waals surface area (Å²) in [5, 5.41) is 14.0. The van der Waals surface area contributed by atoms with Crippen LogP contribution in [0, 0.1) is 6.92 Å². The molecular formula is C20H16ClN5OS. The van der Waals surface area contributed by atoms with Gasteiger partial charge in [-0.25, -0.2) is 9.67 Å². The standard InChI is InChI=1S/C20H16ClN5OS/c1-13-18(24-25-26(13)11-14-5-3-2-4-6-14)19(27)23-20-22-17(12-28-20)15-7-9-16(21)10-8-15/h2-10,12H,11H2,1H3,(H,22,23,27). The Hall–Kier alpha value is -3.03. The Kier molecular flexibility index (Phi) is 5.18. The smallest absolute Gasteiger partial charge is 0.279 e. The Morgan fingerprint density at radius 2 is 1.89 bits per heavy atom. The maximum atomic E-state index is 12.6. The molecule has 28 heavy (non-hydrogen) atoms. The normalized spacial score (nSPS) is 10.8. The molecule has 0 radical (unpaired) electrons. The van der Waals surface area contributed by atoms with Gasteiger partial charge >= 0.3 is 0 Å². The number of benzene rings is 2. The number of halogens is 1. The molecule has 2 heterocycles. The molecule has 0 aliphatic carbocycles. The first-order valence-corrected chi connectivity index (χ1v) is 9.83. The van der Waals surface area contributed by atoms with Crippen molar-refractivity contribution in [1.82, 2.24) is 20.0 Å². The van der Waals surface area contributed by atoms with Gasteiger partial charge < -0.3 is 0 Å². The summed E-state index contributed by atoms with van der Waals surface area (Å²) in [6, 6.07) is 17.3. The molecule has 0 aliphatic rings. The van der Waals surface area contributed by atoms with Crippen molar-refractivity contribution in [3.63, 3.8) is 0 Å².